The average molecular weight is 222 g/mol. The Hall–Kier alpha value is -1.39. The number of rotatable bonds is 2. The number of aliphatic hydroxyl groups is 1. The highest BCUT2D eigenvalue weighted by atomic mass is 19.1. The van der Waals surface area contributed by atoms with Crippen LogP contribution in [0.25, 0.3) is 10.9 Å². The number of hydrogen-bond donors (Lipinski definition) is 2. The van der Waals surface area contributed by atoms with E-state index in [0.717, 1.165) is 22.2 Å². The largest absolute Gasteiger partial charge is 0.387 e. The Morgan fingerprint density at radius 3 is 2.81 bits per heavy atom. The van der Waals surface area contributed by atoms with Gasteiger partial charge in [0.2, 0.25) is 0 Å². The average Bonchev–Trinajstić information content (AvgIpc) is 2.52. The summed E-state index contributed by atoms with van der Waals surface area (Å²) in [6.07, 6.45) is -0.700. The van der Waals surface area contributed by atoms with Gasteiger partial charge in [-0.1, -0.05) is 0 Å². The fourth-order valence-corrected chi connectivity index (χ4v) is 2.10. The second-order valence-corrected chi connectivity index (χ2v) is 3.97. The number of fused-ring (bicyclic) bond motifs is 1. The summed E-state index contributed by atoms with van der Waals surface area (Å²) in [7, 11) is 1.85. The molecule has 86 valence electrons. The third-order valence-electron chi connectivity index (χ3n) is 3.06. The van der Waals surface area contributed by atoms with E-state index in [0.29, 0.717) is 0 Å². The minimum absolute atomic E-state index is 0.164. The third kappa shape index (κ3) is 1.50. The summed E-state index contributed by atoms with van der Waals surface area (Å²) in [6.45, 7) is 2.06. The number of halogens is 1. The molecule has 1 atom stereocenters. The van der Waals surface area contributed by atoms with Crippen molar-refractivity contribution in [1.29, 1.82) is 0 Å². The summed E-state index contributed by atoms with van der Waals surface area (Å²) < 4.78 is 15.0. The van der Waals surface area contributed by atoms with Crippen molar-refractivity contribution in [1.82, 2.24) is 4.57 Å². The molecule has 0 bridgehead atoms. The first-order valence-corrected chi connectivity index (χ1v) is 5.18. The van der Waals surface area contributed by atoms with Crippen LogP contribution in [0, 0.1) is 12.7 Å². The van der Waals surface area contributed by atoms with Crippen molar-refractivity contribution >= 4 is 10.9 Å². The van der Waals surface area contributed by atoms with Crippen LogP contribution in [0.1, 0.15) is 17.4 Å². The van der Waals surface area contributed by atoms with E-state index in [1.807, 2.05) is 18.5 Å². The zero-order chi connectivity index (χ0) is 11.9. The van der Waals surface area contributed by atoms with Crippen LogP contribution >= 0.6 is 0 Å². The van der Waals surface area contributed by atoms with Gasteiger partial charge in [-0.15, -0.1) is 0 Å². The van der Waals surface area contributed by atoms with Crippen molar-refractivity contribution in [2.45, 2.75) is 13.0 Å². The standard InChI is InChI=1S/C12H15FN2O/c1-7-12(11(16)6-14)9-4-3-8(13)5-10(9)15(7)2/h3-5,11,16H,6,14H2,1-2H3. The van der Waals surface area contributed by atoms with Gasteiger partial charge in [-0.2, -0.15) is 0 Å². The van der Waals surface area contributed by atoms with Gasteiger partial charge in [0.25, 0.3) is 0 Å². The fraction of sp³-hybridized carbons (Fsp3) is 0.333. The fourth-order valence-electron chi connectivity index (χ4n) is 2.10. The molecule has 0 spiro atoms. The zero-order valence-corrected chi connectivity index (χ0v) is 9.37. The van der Waals surface area contributed by atoms with E-state index in [4.69, 9.17) is 5.73 Å². The lowest BCUT2D eigenvalue weighted by molar-refractivity contribution is 0.187. The van der Waals surface area contributed by atoms with Gasteiger partial charge < -0.3 is 15.4 Å². The Morgan fingerprint density at radius 1 is 1.50 bits per heavy atom. The second kappa shape index (κ2) is 3.88. The topological polar surface area (TPSA) is 51.2 Å². The molecule has 0 saturated heterocycles. The Labute approximate surface area is 93.3 Å². The molecule has 3 N–H and O–H groups in total. The summed E-state index contributed by atoms with van der Waals surface area (Å²) in [4.78, 5) is 0. The maximum absolute atomic E-state index is 13.1. The van der Waals surface area contributed by atoms with Crippen LogP contribution < -0.4 is 5.73 Å². The maximum Gasteiger partial charge on any atom is 0.125 e. The van der Waals surface area contributed by atoms with E-state index in [2.05, 4.69) is 0 Å². The molecule has 0 aliphatic carbocycles. The molecule has 2 aromatic rings. The smallest absolute Gasteiger partial charge is 0.125 e. The number of hydrogen-bond acceptors (Lipinski definition) is 2. The minimum Gasteiger partial charge on any atom is -0.387 e. The number of nitrogens with zero attached hydrogens (tertiary/aromatic N) is 1. The molecule has 0 fully saturated rings. The molecule has 16 heavy (non-hydrogen) atoms. The number of aliphatic hydroxyl groups excluding tert-OH is 1. The number of benzene rings is 1. The summed E-state index contributed by atoms with van der Waals surface area (Å²) in [6, 6.07) is 4.55. The van der Waals surface area contributed by atoms with E-state index >= 15 is 0 Å². The molecule has 0 aliphatic rings. The van der Waals surface area contributed by atoms with Gasteiger partial charge in [-0.3, -0.25) is 0 Å². The van der Waals surface area contributed by atoms with Gasteiger partial charge in [0.15, 0.2) is 0 Å². The van der Waals surface area contributed by atoms with E-state index in [1.54, 1.807) is 6.07 Å². The lowest BCUT2D eigenvalue weighted by Gasteiger charge is -2.08. The number of nitrogens with two attached hydrogens (primary N) is 1. The van der Waals surface area contributed by atoms with Crippen LogP contribution in [-0.4, -0.2) is 16.2 Å². The summed E-state index contributed by atoms with van der Waals surface area (Å²) >= 11 is 0. The first kappa shape index (κ1) is 11.1. The summed E-state index contributed by atoms with van der Waals surface area (Å²) in [5.74, 6) is -0.276. The van der Waals surface area contributed by atoms with Crippen molar-refractivity contribution < 1.29 is 9.50 Å². The van der Waals surface area contributed by atoms with Gasteiger partial charge in [0.05, 0.1) is 11.6 Å². The second-order valence-electron chi connectivity index (χ2n) is 3.97. The Bertz CT molecular complexity index is 533. The van der Waals surface area contributed by atoms with Gasteiger partial charge in [-0.05, 0) is 25.1 Å². The minimum atomic E-state index is -0.700. The van der Waals surface area contributed by atoms with Crippen LogP contribution in [0.3, 0.4) is 0 Å². The zero-order valence-electron chi connectivity index (χ0n) is 9.37. The van der Waals surface area contributed by atoms with Crippen LogP contribution in [0.2, 0.25) is 0 Å². The maximum atomic E-state index is 13.1. The van der Waals surface area contributed by atoms with Crippen molar-refractivity contribution in [3.63, 3.8) is 0 Å². The van der Waals surface area contributed by atoms with E-state index < -0.39 is 6.10 Å². The first-order chi connectivity index (χ1) is 7.56. The molecule has 1 aromatic carbocycles. The van der Waals surface area contributed by atoms with Crippen molar-refractivity contribution in [2.24, 2.45) is 12.8 Å². The number of aromatic nitrogens is 1. The molecule has 4 heteroatoms. The molecule has 2 rings (SSSR count). The van der Waals surface area contributed by atoms with Gasteiger partial charge >= 0.3 is 0 Å². The highest BCUT2D eigenvalue weighted by Gasteiger charge is 2.17. The molecule has 1 heterocycles. The molecule has 1 unspecified atom stereocenters. The molecule has 0 radical (unpaired) electrons. The van der Waals surface area contributed by atoms with Gasteiger partial charge in [0, 0.05) is 30.2 Å². The molecule has 1 aromatic heterocycles. The third-order valence-corrected chi connectivity index (χ3v) is 3.06. The quantitative estimate of drug-likeness (QED) is 0.811. The first-order valence-electron chi connectivity index (χ1n) is 5.18. The molecule has 3 nitrogen and oxygen atoms in total. The lowest BCUT2D eigenvalue weighted by Crippen LogP contribution is -2.12. The van der Waals surface area contributed by atoms with E-state index in [1.165, 1.54) is 12.1 Å². The van der Waals surface area contributed by atoms with E-state index in [-0.39, 0.29) is 12.4 Å². The molecule has 0 aliphatic heterocycles. The molecular formula is C12H15FN2O. The van der Waals surface area contributed by atoms with Crippen LogP contribution in [0.5, 0.6) is 0 Å². The summed E-state index contributed by atoms with van der Waals surface area (Å²) in [5, 5.41) is 10.7. The number of aryl methyl sites for hydroxylation is 1. The Morgan fingerprint density at radius 2 is 2.19 bits per heavy atom. The van der Waals surface area contributed by atoms with Crippen LogP contribution in [0.4, 0.5) is 4.39 Å². The molecule has 0 saturated carbocycles. The SMILES string of the molecule is Cc1c(C(O)CN)c2ccc(F)cc2n1C. The predicted octanol–water partition coefficient (Wildman–Crippen LogP) is 1.62. The highest BCUT2D eigenvalue weighted by molar-refractivity contribution is 5.86. The van der Waals surface area contributed by atoms with E-state index in [9.17, 15) is 9.50 Å². The molecular weight excluding hydrogens is 207 g/mol. The van der Waals surface area contributed by atoms with Crippen LogP contribution in [-0.2, 0) is 7.05 Å². The predicted molar refractivity (Wildman–Crippen MR) is 61.6 cm³/mol. The van der Waals surface area contributed by atoms with Crippen molar-refractivity contribution in [3.05, 3.63) is 35.3 Å². The molecule has 0 amide bonds. The normalized spacial score (nSPS) is 13.3. The summed E-state index contributed by atoms with van der Waals surface area (Å²) in [5.41, 5.74) is 7.95. The van der Waals surface area contributed by atoms with Gasteiger partial charge in [0.1, 0.15) is 5.82 Å². The monoisotopic (exact) mass is 222 g/mol. The van der Waals surface area contributed by atoms with Crippen molar-refractivity contribution in [2.75, 3.05) is 6.54 Å². The Balaban J connectivity index is 2.79. The van der Waals surface area contributed by atoms with Crippen molar-refractivity contribution in [3.8, 4) is 0 Å². The Kier molecular flexibility index (Phi) is 2.69. The van der Waals surface area contributed by atoms with Crippen LogP contribution in [0.15, 0.2) is 18.2 Å². The lowest BCUT2D eigenvalue weighted by atomic mass is 10.1. The highest BCUT2D eigenvalue weighted by Crippen LogP contribution is 2.29. The van der Waals surface area contributed by atoms with Gasteiger partial charge in [-0.25, -0.2) is 4.39 Å².